The van der Waals surface area contributed by atoms with E-state index in [1.54, 1.807) is 6.20 Å². The number of nitrogens with zero attached hydrogens (tertiary/aromatic N) is 5. The number of urea groups is 1. The predicted octanol–water partition coefficient (Wildman–Crippen LogP) is 3.36. The van der Waals surface area contributed by atoms with Gasteiger partial charge in [0.15, 0.2) is 0 Å². The van der Waals surface area contributed by atoms with Crippen molar-refractivity contribution < 1.29 is 9.21 Å². The molecule has 2 fully saturated rings. The molecule has 1 saturated carbocycles. The number of pyridine rings is 1. The van der Waals surface area contributed by atoms with Crippen LogP contribution >= 0.6 is 0 Å². The number of anilines is 2. The van der Waals surface area contributed by atoms with E-state index in [2.05, 4.69) is 25.4 Å². The molecular weight excluding hydrogens is 368 g/mol. The highest BCUT2D eigenvalue weighted by Gasteiger charge is 2.30. The van der Waals surface area contributed by atoms with Gasteiger partial charge in [-0.3, -0.25) is 0 Å². The molecule has 1 saturated heterocycles. The molecule has 8 heteroatoms. The Balaban J connectivity index is 1.27. The van der Waals surface area contributed by atoms with Crippen molar-refractivity contribution in [3.05, 3.63) is 54.6 Å². The van der Waals surface area contributed by atoms with Crippen LogP contribution in [-0.2, 0) is 0 Å². The van der Waals surface area contributed by atoms with E-state index >= 15 is 0 Å². The summed E-state index contributed by atoms with van der Waals surface area (Å²) < 4.78 is 5.89. The summed E-state index contributed by atoms with van der Waals surface area (Å²) in [4.78, 5) is 21.1. The van der Waals surface area contributed by atoms with Crippen LogP contribution in [0, 0.1) is 0 Å². The topological polar surface area (TPSA) is 87.4 Å². The number of amides is 2. The lowest BCUT2D eigenvalue weighted by Crippen LogP contribution is -2.50. The van der Waals surface area contributed by atoms with Gasteiger partial charge in [-0.25, -0.2) is 9.78 Å². The maximum absolute atomic E-state index is 12.5. The second kappa shape index (κ2) is 7.54. The van der Waals surface area contributed by atoms with E-state index < -0.39 is 0 Å². The molecule has 0 radical (unpaired) electrons. The minimum absolute atomic E-state index is 0.0805. The first kappa shape index (κ1) is 17.7. The first-order chi connectivity index (χ1) is 14.3. The molecule has 5 rings (SSSR count). The second-order valence-corrected chi connectivity index (χ2v) is 7.36. The van der Waals surface area contributed by atoms with Crippen molar-refractivity contribution in [3.63, 3.8) is 0 Å². The summed E-state index contributed by atoms with van der Waals surface area (Å²) in [6.45, 7) is 2.61. The van der Waals surface area contributed by atoms with E-state index in [0.29, 0.717) is 38.0 Å². The van der Waals surface area contributed by atoms with E-state index in [1.165, 1.54) is 0 Å². The normalized spacial score (nSPS) is 16.7. The molecule has 0 spiro atoms. The minimum atomic E-state index is -0.0805. The number of aromatic nitrogens is 3. The molecule has 0 unspecified atom stereocenters. The first-order valence-corrected chi connectivity index (χ1v) is 9.92. The third-order valence-electron chi connectivity index (χ3n) is 5.28. The molecule has 2 aromatic heterocycles. The Morgan fingerprint density at radius 2 is 1.79 bits per heavy atom. The third-order valence-corrected chi connectivity index (χ3v) is 5.28. The van der Waals surface area contributed by atoms with Crippen LogP contribution in [0.3, 0.4) is 0 Å². The Kier molecular flexibility index (Phi) is 4.59. The number of hydrogen-bond donors (Lipinski definition) is 1. The molecule has 3 heterocycles. The van der Waals surface area contributed by atoms with Crippen LogP contribution in [0.2, 0.25) is 0 Å². The van der Waals surface area contributed by atoms with E-state index in [0.717, 1.165) is 35.8 Å². The highest BCUT2D eigenvalue weighted by molar-refractivity contribution is 5.89. The third kappa shape index (κ3) is 3.78. The summed E-state index contributed by atoms with van der Waals surface area (Å²) in [6.07, 6.45) is 4.01. The van der Waals surface area contributed by atoms with Gasteiger partial charge in [-0.05, 0) is 37.1 Å². The molecular formula is C21H22N6O2. The average Bonchev–Trinajstić information content (AvgIpc) is 3.51. The van der Waals surface area contributed by atoms with Gasteiger partial charge in [-0.2, -0.15) is 0 Å². The lowest BCUT2D eigenvalue weighted by Gasteiger charge is -2.35. The van der Waals surface area contributed by atoms with Crippen LogP contribution in [-0.4, -0.2) is 52.3 Å². The van der Waals surface area contributed by atoms with Crippen molar-refractivity contribution in [3.8, 4) is 11.5 Å². The summed E-state index contributed by atoms with van der Waals surface area (Å²) in [6, 6.07) is 13.3. The Morgan fingerprint density at radius 1 is 1.00 bits per heavy atom. The highest BCUT2D eigenvalue weighted by atomic mass is 16.4. The highest BCUT2D eigenvalue weighted by Crippen LogP contribution is 2.40. The van der Waals surface area contributed by atoms with Gasteiger partial charge < -0.3 is 19.5 Å². The van der Waals surface area contributed by atoms with Crippen molar-refractivity contribution in [2.45, 2.75) is 18.8 Å². The van der Waals surface area contributed by atoms with Gasteiger partial charge in [0.05, 0.1) is 5.56 Å². The Hall–Kier alpha value is -3.42. The van der Waals surface area contributed by atoms with Crippen molar-refractivity contribution in [2.75, 3.05) is 36.4 Å². The van der Waals surface area contributed by atoms with Gasteiger partial charge in [-0.15, -0.1) is 10.2 Å². The molecule has 2 aliphatic rings. The number of piperazine rings is 1. The molecule has 1 aliphatic carbocycles. The number of hydrogen-bond acceptors (Lipinski definition) is 6. The first-order valence-electron chi connectivity index (χ1n) is 9.92. The molecule has 2 amide bonds. The maximum Gasteiger partial charge on any atom is 0.321 e. The van der Waals surface area contributed by atoms with Gasteiger partial charge in [0.2, 0.25) is 5.89 Å². The lowest BCUT2D eigenvalue weighted by atomic mass is 10.2. The quantitative estimate of drug-likeness (QED) is 0.735. The van der Waals surface area contributed by atoms with Crippen molar-refractivity contribution in [1.82, 2.24) is 20.1 Å². The van der Waals surface area contributed by atoms with Crippen LogP contribution in [0.25, 0.3) is 11.5 Å². The predicted molar refractivity (Wildman–Crippen MR) is 109 cm³/mol. The van der Waals surface area contributed by atoms with E-state index in [4.69, 9.17) is 4.42 Å². The van der Waals surface area contributed by atoms with Crippen LogP contribution in [0.5, 0.6) is 0 Å². The second-order valence-electron chi connectivity index (χ2n) is 7.36. The number of nitrogens with one attached hydrogen (secondary N) is 1. The van der Waals surface area contributed by atoms with Gasteiger partial charge in [0.25, 0.3) is 5.89 Å². The molecule has 148 valence electrons. The zero-order valence-corrected chi connectivity index (χ0v) is 16.0. The van der Waals surface area contributed by atoms with Crippen LogP contribution in [0.15, 0.2) is 53.1 Å². The lowest BCUT2D eigenvalue weighted by molar-refractivity contribution is 0.208. The average molecular weight is 390 g/mol. The number of para-hydroxylation sites is 1. The van der Waals surface area contributed by atoms with Crippen molar-refractivity contribution in [1.29, 1.82) is 0 Å². The van der Waals surface area contributed by atoms with Gasteiger partial charge in [-0.1, -0.05) is 18.2 Å². The number of carbonyl (C=O) groups is 1. The van der Waals surface area contributed by atoms with Crippen LogP contribution in [0.4, 0.5) is 16.3 Å². The fourth-order valence-corrected chi connectivity index (χ4v) is 3.50. The largest absolute Gasteiger partial charge is 0.420 e. The van der Waals surface area contributed by atoms with Crippen molar-refractivity contribution >= 4 is 17.5 Å². The van der Waals surface area contributed by atoms with Gasteiger partial charge >= 0.3 is 6.03 Å². The molecule has 1 aromatic carbocycles. The van der Waals surface area contributed by atoms with E-state index in [-0.39, 0.29) is 6.03 Å². The van der Waals surface area contributed by atoms with E-state index in [9.17, 15) is 4.79 Å². The fraction of sp³-hybridized carbons (Fsp3) is 0.333. The van der Waals surface area contributed by atoms with E-state index in [1.807, 2.05) is 47.4 Å². The van der Waals surface area contributed by atoms with Crippen molar-refractivity contribution in [2.24, 2.45) is 0 Å². The Labute approximate surface area is 168 Å². The molecule has 0 bridgehead atoms. The summed E-state index contributed by atoms with van der Waals surface area (Å²) in [7, 11) is 0. The molecule has 3 aromatic rings. The minimum Gasteiger partial charge on any atom is -0.420 e. The zero-order chi connectivity index (χ0) is 19.6. The Bertz CT molecular complexity index is 993. The summed E-state index contributed by atoms with van der Waals surface area (Å²) in [5, 5.41) is 11.4. The number of benzene rings is 1. The van der Waals surface area contributed by atoms with Crippen LogP contribution < -0.4 is 10.2 Å². The fourth-order valence-electron chi connectivity index (χ4n) is 3.50. The summed E-state index contributed by atoms with van der Waals surface area (Å²) in [5.41, 5.74) is 1.64. The standard InChI is InChI=1S/C21H22N6O2/c28-21(23-16-5-2-1-3-6-16)27-13-11-26(12-14-27)18-17(7-4-10-22-18)20-25-24-19(29-20)15-8-9-15/h1-7,10,15H,8-9,11-14H2,(H,23,28). The number of rotatable bonds is 4. The number of carbonyl (C=O) groups excluding carboxylic acids is 1. The monoisotopic (exact) mass is 390 g/mol. The smallest absolute Gasteiger partial charge is 0.321 e. The maximum atomic E-state index is 12.5. The SMILES string of the molecule is O=C(Nc1ccccc1)N1CCN(c2ncccc2-c2nnc(C3CC3)o2)CC1. The zero-order valence-electron chi connectivity index (χ0n) is 16.0. The Morgan fingerprint density at radius 3 is 2.55 bits per heavy atom. The summed E-state index contributed by atoms with van der Waals surface area (Å²) in [5.74, 6) is 2.47. The van der Waals surface area contributed by atoms with Gasteiger partial charge in [0.1, 0.15) is 5.82 Å². The molecule has 29 heavy (non-hydrogen) atoms. The van der Waals surface area contributed by atoms with Crippen LogP contribution in [0.1, 0.15) is 24.7 Å². The van der Waals surface area contributed by atoms with Gasteiger partial charge in [0, 0.05) is 44.0 Å². The molecule has 1 aliphatic heterocycles. The molecule has 8 nitrogen and oxygen atoms in total. The molecule has 1 N–H and O–H groups in total. The summed E-state index contributed by atoms with van der Waals surface area (Å²) >= 11 is 0. The molecule has 0 atom stereocenters.